The Bertz CT molecular complexity index is 359. The van der Waals surface area contributed by atoms with Crippen LogP contribution >= 0.6 is 15.9 Å². The van der Waals surface area contributed by atoms with E-state index in [1.54, 1.807) is 0 Å². The largest absolute Gasteiger partial charge is 0.485 e. The van der Waals surface area contributed by atoms with E-state index in [9.17, 15) is 4.79 Å². The monoisotopic (exact) mass is 270 g/mol. The van der Waals surface area contributed by atoms with Gasteiger partial charge in [0.15, 0.2) is 5.78 Å². The van der Waals surface area contributed by atoms with Crippen molar-refractivity contribution in [2.45, 2.75) is 20.8 Å². The topological polar surface area (TPSA) is 26.3 Å². The highest BCUT2D eigenvalue weighted by atomic mass is 79.9. The summed E-state index contributed by atoms with van der Waals surface area (Å²) >= 11 is 3.40. The molecular formula is C12H15BrO2. The molecule has 0 aromatic heterocycles. The Morgan fingerprint density at radius 2 is 2.13 bits per heavy atom. The van der Waals surface area contributed by atoms with Gasteiger partial charge in [-0.2, -0.15) is 0 Å². The third kappa shape index (κ3) is 3.67. The Labute approximate surface area is 98.8 Å². The van der Waals surface area contributed by atoms with Crippen molar-refractivity contribution in [3.05, 3.63) is 28.2 Å². The van der Waals surface area contributed by atoms with Gasteiger partial charge in [-0.3, -0.25) is 4.79 Å². The first-order valence-corrected chi connectivity index (χ1v) is 5.71. The minimum Gasteiger partial charge on any atom is -0.485 e. The average Bonchev–Trinajstić information content (AvgIpc) is 2.15. The van der Waals surface area contributed by atoms with Crippen LogP contribution in [0.2, 0.25) is 0 Å². The van der Waals surface area contributed by atoms with E-state index >= 15 is 0 Å². The van der Waals surface area contributed by atoms with Crippen molar-refractivity contribution in [1.29, 1.82) is 0 Å². The molecule has 0 radical (unpaired) electrons. The van der Waals surface area contributed by atoms with Crippen LogP contribution in [0.4, 0.5) is 0 Å². The summed E-state index contributed by atoms with van der Waals surface area (Å²) in [5.41, 5.74) is 1.16. The molecule has 0 unspecified atom stereocenters. The zero-order chi connectivity index (χ0) is 11.4. The summed E-state index contributed by atoms with van der Waals surface area (Å²) in [4.78, 5) is 11.4. The molecule has 2 nitrogen and oxygen atoms in total. The quantitative estimate of drug-likeness (QED) is 0.839. The number of hydrogen-bond acceptors (Lipinski definition) is 2. The van der Waals surface area contributed by atoms with Gasteiger partial charge in [0.2, 0.25) is 0 Å². The van der Waals surface area contributed by atoms with Crippen molar-refractivity contribution in [2.24, 2.45) is 5.92 Å². The second kappa shape index (κ2) is 5.31. The molecule has 0 heterocycles. The molecule has 0 bridgehead atoms. The van der Waals surface area contributed by atoms with Gasteiger partial charge < -0.3 is 4.74 Å². The number of carbonyl (C=O) groups is 1. The first kappa shape index (κ1) is 12.2. The summed E-state index contributed by atoms with van der Waals surface area (Å²) < 4.78 is 6.31. The number of ether oxygens (including phenoxy) is 1. The zero-order valence-corrected chi connectivity index (χ0v) is 10.8. The van der Waals surface area contributed by atoms with Crippen LogP contribution in [0.1, 0.15) is 19.4 Å². The van der Waals surface area contributed by atoms with E-state index in [1.807, 2.05) is 39.0 Å². The lowest BCUT2D eigenvalue weighted by Crippen LogP contribution is -2.16. The molecule has 0 atom stereocenters. The smallest absolute Gasteiger partial charge is 0.172 e. The van der Waals surface area contributed by atoms with Gasteiger partial charge in [-0.15, -0.1) is 0 Å². The molecule has 0 aliphatic rings. The number of aryl methyl sites for hydroxylation is 1. The number of hydrogen-bond donors (Lipinski definition) is 0. The minimum absolute atomic E-state index is 0.0224. The molecule has 3 heteroatoms. The van der Waals surface area contributed by atoms with E-state index in [4.69, 9.17) is 4.74 Å². The number of carbonyl (C=O) groups excluding carboxylic acids is 1. The fourth-order valence-electron chi connectivity index (χ4n) is 1.04. The van der Waals surface area contributed by atoms with Crippen LogP contribution < -0.4 is 4.74 Å². The van der Waals surface area contributed by atoms with Crippen LogP contribution in [0.3, 0.4) is 0 Å². The van der Waals surface area contributed by atoms with Gasteiger partial charge in [0.25, 0.3) is 0 Å². The second-order valence-electron chi connectivity index (χ2n) is 3.84. The highest BCUT2D eigenvalue weighted by molar-refractivity contribution is 9.10. The van der Waals surface area contributed by atoms with Crippen LogP contribution in [0.15, 0.2) is 22.7 Å². The van der Waals surface area contributed by atoms with E-state index in [2.05, 4.69) is 15.9 Å². The Balaban J connectivity index is 2.62. The third-order valence-electron chi connectivity index (χ3n) is 2.10. The number of ketones is 1. The summed E-state index contributed by atoms with van der Waals surface area (Å²) in [6.07, 6.45) is 0. The van der Waals surface area contributed by atoms with E-state index in [0.29, 0.717) is 0 Å². The van der Waals surface area contributed by atoms with Crippen molar-refractivity contribution in [1.82, 2.24) is 0 Å². The Morgan fingerprint density at radius 1 is 1.47 bits per heavy atom. The molecule has 82 valence electrons. The molecule has 0 amide bonds. The van der Waals surface area contributed by atoms with Crippen LogP contribution in [0.25, 0.3) is 0 Å². The lowest BCUT2D eigenvalue weighted by molar-refractivity contribution is -0.123. The Kier molecular flexibility index (Phi) is 4.33. The summed E-state index contributed by atoms with van der Waals surface area (Å²) in [5.74, 6) is 0.853. The normalized spacial score (nSPS) is 10.5. The van der Waals surface area contributed by atoms with Crippen LogP contribution in [-0.4, -0.2) is 12.4 Å². The Hall–Kier alpha value is -0.830. The fourth-order valence-corrected chi connectivity index (χ4v) is 1.65. The molecule has 1 rings (SSSR count). The van der Waals surface area contributed by atoms with E-state index < -0.39 is 0 Å². The molecule has 0 aliphatic heterocycles. The van der Waals surface area contributed by atoms with Gasteiger partial charge >= 0.3 is 0 Å². The number of rotatable bonds is 4. The fraction of sp³-hybridized carbons (Fsp3) is 0.417. The van der Waals surface area contributed by atoms with Crippen LogP contribution in [0, 0.1) is 12.8 Å². The van der Waals surface area contributed by atoms with Crippen molar-refractivity contribution >= 4 is 21.7 Å². The van der Waals surface area contributed by atoms with Gasteiger partial charge in [-0.25, -0.2) is 0 Å². The molecule has 0 fully saturated rings. The first-order valence-electron chi connectivity index (χ1n) is 4.92. The molecule has 0 N–H and O–H groups in total. The van der Waals surface area contributed by atoms with Crippen molar-refractivity contribution < 1.29 is 9.53 Å². The SMILES string of the molecule is Cc1ccc(OCC(=O)C(C)C)c(Br)c1. The molecular weight excluding hydrogens is 256 g/mol. The summed E-state index contributed by atoms with van der Waals surface area (Å²) in [6.45, 7) is 5.89. The number of benzene rings is 1. The highest BCUT2D eigenvalue weighted by Crippen LogP contribution is 2.25. The molecule has 1 aromatic rings. The molecule has 0 aliphatic carbocycles. The summed E-state index contributed by atoms with van der Waals surface area (Å²) in [6, 6.07) is 5.79. The number of halogens is 1. The maximum Gasteiger partial charge on any atom is 0.172 e. The predicted molar refractivity (Wildman–Crippen MR) is 64.2 cm³/mol. The summed E-state index contributed by atoms with van der Waals surface area (Å²) in [5, 5.41) is 0. The average molecular weight is 271 g/mol. The molecule has 0 saturated carbocycles. The maximum atomic E-state index is 11.4. The lowest BCUT2D eigenvalue weighted by Gasteiger charge is -2.09. The minimum atomic E-state index is 0.0224. The van der Waals surface area contributed by atoms with Gasteiger partial charge in [0.05, 0.1) is 4.47 Å². The van der Waals surface area contributed by atoms with E-state index in [-0.39, 0.29) is 18.3 Å². The van der Waals surface area contributed by atoms with Crippen molar-refractivity contribution in [2.75, 3.05) is 6.61 Å². The third-order valence-corrected chi connectivity index (χ3v) is 2.72. The zero-order valence-electron chi connectivity index (χ0n) is 9.21. The standard InChI is InChI=1S/C12H15BrO2/c1-8(2)11(14)7-15-12-5-4-9(3)6-10(12)13/h4-6,8H,7H2,1-3H3. The van der Waals surface area contributed by atoms with E-state index in [1.165, 1.54) is 0 Å². The highest BCUT2D eigenvalue weighted by Gasteiger charge is 2.09. The van der Waals surface area contributed by atoms with Gasteiger partial charge in [0, 0.05) is 5.92 Å². The van der Waals surface area contributed by atoms with Gasteiger partial charge in [-0.1, -0.05) is 19.9 Å². The van der Waals surface area contributed by atoms with Gasteiger partial charge in [-0.05, 0) is 40.5 Å². The van der Waals surface area contributed by atoms with Crippen molar-refractivity contribution in [3.63, 3.8) is 0 Å². The molecule has 0 spiro atoms. The van der Waals surface area contributed by atoms with Crippen molar-refractivity contribution in [3.8, 4) is 5.75 Å². The van der Waals surface area contributed by atoms with E-state index in [0.717, 1.165) is 15.8 Å². The maximum absolute atomic E-state index is 11.4. The van der Waals surface area contributed by atoms with Crippen LogP contribution in [0.5, 0.6) is 5.75 Å². The number of Topliss-reactive ketones (excluding diaryl/α,β-unsaturated/α-hetero) is 1. The summed E-state index contributed by atoms with van der Waals surface area (Å²) in [7, 11) is 0. The van der Waals surface area contributed by atoms with Gasteiger partial charge in [0.1, 0.15) is 12.4 Å². The first-order chi connectivity index (χ1) is 7.00. The molecule has 1 aromatic carbocycles. The molecule has 15 heavy (non-hydrogen) atoms. The predicted octanol–water partition coefficient (Wildman–Crippen LogP) is 3.36. The van der Waals surface area contributed by atoms with Crippen LogP contribution in [-0.2, 0) is 4.79 Å². The Morgan fingerprint density at radius 3 is 2.67 bits per heavy atom. The lowest BCUT2D eigenvalue weighted by atomic mass is 10.1. The molecule has 0 saturated heterocycles. The second-order valence-corrected chi connectivity index (χ2v) is 4.70.